The molecule has 0 saturated carbocycles. The topological polar surface area (TPSA) is 311 Å². The van der Waals surface area contributed by atoms with Crippen LogP contribution in [-0.4, -0.2) is 174 Å². The highest BCUT2D eigenvalue weighted by Crippen LogP contribution is 2.26. The van der Waals surface area contributed by atoms with E-state index in [9.17, 15) is 64.5 Å². The summed E-state index contributed by atoms with van der Waals surface area (Å²) in [7, 11) is 0. The zero-order valence-electron chi connectivity index (χ0n) is 29.0. The van der Waals surface area contributed by atoms with Gasteiger partial charge in [-0.05, 0) is 24.6 Å². The molecule has 0 spiro atoms. The molecule has 4 heterocycles. The minimum atomic E-state index is -1.85. The second-order valence-corrected chi connectivity index (χ2v) is 14.2. The molecule has 5 rings (SSSR count). The van der Waals surface area contributed by atoms with Crippen LogP contribution in [0.15, 0.2) is 24.3 Å². The molecule has 4 fully saturated rings. The van der Waals surface area contributed by atoms with Crippen molar-refractivity contribution in [2.75, 3.05) is 26.2 Å². The number of nitrogens with one attached hydrogen (secondary N) is 5. The van der Waals surface area contributed by atoms with Crippen molar-refractivity contribution in [1.82, 2.24) is 36.4 Å². The number of carbonyl (C=O) groups excluding carboxylic acids is 6. The van der Waals surface area contributed by atoms with E-state index >= 15 is 0 Å². The molecule has 2 bridgehead atoms. The number of fused-ring (bicyclic) bond motifs is 4. The summed E-state index contributed by atoms with van der Waals surface area (Å²) < 4.78 is 0. The van der Waals surface area contributed by atoms with Gasteiger partial charge in [0.2, 0.25) is 35.4 Å². The Balaban J connectivity index is 1.52. The molecular formula is C33H47N7O13. The number of phenolic OH excluding ortho intramolecular Hbond substituents is 1. The number of aromatic hydroxyl groups is 1. The van der Waals surface area contributed by atoms with Crippen molar-refractivity contribution in [3.05, 3.63) is 29.8 Å². The van der Waals surface area contributed by atoms with Crippen molar-refractivity contribution >= 4 is 35.4 Å². The third kappa shape index (κ3) is 8.38. The first kappa shape index (κ1) is 39.8. The minimum absolute atomic E-state index is 0.0780. The summed E-state index contributed by atoms with van der Waals surface area (Å²) in [5.41, 5.74) is 0.421. The first-order valence-corrected chi connectivity index (χ1v) is 17.4. The molecule has 12 unspecified atom stereocenters. The highest BCUT2D eigenvalue weighted by molar-refractivity contribution is 5.97. The SMILES string of the molecule is CC1CN2C(=O)C(CO)NC(=O)C(C(O)Cc3ccc(O)cc3)NC(=O)C3CC(O)CN3C(=O)[C@H](C(C)O)NC(=O)C3CNC(NC(=O)C2C1O)C3O. The normalized spacial score (nSPS) is 35.8. The van der Waals surface area contributed by atoms with Crippen LogP contribution in [0.1, 0.15) is 25.8 Å². The van der Waals surface area contributed by atoms with Crippen LogP contribution in [0.5, 0.6) is 5.75 Å². The van der Waals surface area contributed by atoms with Gasteiger partial charge in [-0.25, -0.2) is 0 Å². The Morgan fingerprint density at radius 2 is 1.45 bits per heavy atom. The van der Waals surface area contributed by atoms with E-state index in [-0.39, 0.29) is 31.7 Å². The van der Waals surface area contributed by atoms with Gasteiger partial charge >= 0.3 is 0 Å². The lowest BCUT2D eigenvalue weighted by Gasteiger charge is -2.33. The first-order chi connectivity index (χ1) is 25.0. The molecule has 0 radical (unpaired) electrons. The maximum Gasteiger partial charge on any atom is 0.248 e. The molecule has 4 saturated heterocycles. The van der Waals surface area contributed by atoms with Crippen LogP contribution in [0.3, 0.4) is 0 Å². The third-order valence-corrected chi connectivity index (χ3v) is 10.3. The molecular weight excluding hydrogens is 702 g/mol. The fraction of sp³-hybridized carbons (Fsp3) is 0.636. The van der Waals surface area contributed by atoms with Crippen LogP contribution in [-0.2, 0) is 35.2 Å². The standard InChI is InChI=1S/C33H47N7O13/c1-13-10-40-24(25(13)46)31(51)38-27-26(47)18(9-34-27)28(48)36-22(14(2)42)33(53)39-11-17(44)8-20(39)29(49)37-23(30(50)35-19(12-41)32(40)52)21(45)7-15-3-5-16(43)6-4-15/h3-6,13-14,17-27,34,41-47H,7-12H2,1-2H3,(H,35,50)(H,36,48)(H,37,49)(H,38,51)/t13?,14?,17?,18?,19?,20?,21?,22-,23?,24?,25?,26?,27?/m0/s1. The molecule has 53 heavy (non-hydrogen) atoms. The summed E-state index contributed by atoms with van der Waals surface area (Å²) in [6.45, 7) is 0.954. The minimum Gasteiger partial charge on any atom is -0.508 e. The number of aliphatic hydroxyl groups is 6. The zero-order chi connectivity index (χ0) is 38.9. The lowest BCUT2D eigenvalue weighted by atomic mass is 9.99. The van der Waals surface area contributed by atoms with Crippen molar-refractivity contribution in [3.8, 4) is 5.75 Å². The fourth-order valence-corrected chi connectivity index (χ4v) is 7.26. The maximum absolute atomic E-state index is 13.9. The first-order valence-electron chi connectivity index (χ1n) is 17.4. The summed E-state index contributed by atoms with van der Waals surface area (Å²) >= 11 is 0. The van der Waals surface area contributed by atoms with E-state index in [1.807, 2.05) is 0 Å². The quantitative estimate of drug-likeness (QED) is 0.133. The summed E-state index contributed by atoms with van der Waals surface area (Å²) in [5, 5.41) is 86.7. The summed E-state index contributed by atoms with van der Waals surface area (Å²) in [5.74, 6) is -8.00. The number of carbonyl (C=O) groups is 6. The second-order valence-electron chi connectivity index (χ2n) is 14.2. The number of benzene rings is 1. The molecule has 4 aliphatic rings. The van der Waals surface area contributed by atoms with Gasteiger partial charge < -0.3 is 66.8 Å². The van der Waals surface area contributed by atoms with E-state index in [4.69, 9.17) is 0 Å². The molecule has 6 amide bonds. The van der Waals surface area contributed by atoms with E-state index < -0.39 is 127 Å². The highest BCUT2D eigenvalue weighted by Gasteiger charge is 2.50. The molecule has 1 aromatic rings. The van der Waals surface area contributed by atoms with Crippen LogP contribution in [0, 0.1) is 11.8 Å². The average Bonchev–Trinajstić information content (AvgIpc) is 3.78. The van der Waals surface area contributed by atoms with Crippen molar-refractivity contribution in [1.29, 1.82) is 0 Å². The van der Waals surface area contributed by atoms with Gasteiger partial charge in [0.25, 0.3) is 0 Å². The van der Waals surface area contributed by atoms with Crippen LogP contribution in [0.2, 0.25) is 0 Å². The Hall–Kier alpha value is -4.44. The molecule has 4 aliphatic heterocycles. The van der Waals surface area contributed by atoms with Gasteiger partial charge in [0, 0.05) is 38.4 Å². The third-order valence-electron chi connectivity index (χ3n) is 10.3. The Kier molecular flexibility index (Phi) is 12.2. The summed E-state index contributed by atoms with van der Waals surface area (Å²) in [6.07, 6.45) is -9.38. The number of rotatable bonds is 5. The second kappa shape index (κ2) is 16.3. The Morgan fingerprint density at radius 1 is 0.792 bits per heavy atom. The monoisotopic (exact) mass is 749 g/mol. The number of hydrogen-bond donors (Lipinski definition) is 12. The summed E-state index contributed by atoms with van der Waals surface area (Å²) in [4.78, 5) is 84.2. The van der Waals surface area contributed by atoms with Gasteiger partial charge in [0.15, 0.2) is 0 Å². The molecule has 20 nitrogen and oxygen atoms in total. The predicted octanol–water partition coefficient (Wildman–Crippen LogP) is -6.67. The lowest BCUT2D eigenvalue weighted by molar-refractivity contribution is -0.147. The van der Waals surface area contributed by atoms with Crippen molar-refractivity contribution in [3.63, 3.8) is 0 Å². The lowest BCUT2D eigenvalue weighted by Crippen LogP contribution is -2.63. The van der Waals surface area contributed by atoms with Crippen LogP contribution >= 0.6 is 0 Å². The van der Waals surface area contributed by atoms with Crippen LogP contribution in [0.4, 0.5) is 0 Å². The Labute approximate surface area is 303 Å². The fourth-order valence-electron chi connectivity index (χ4n) is 7.26. The smallest absolute Gasteiger partial charge is 0.248 e. The Bertz CT molecular complexity index is 1560. The summed E-state index contributed by atoms with van der Waals surface area (Å²) in [6, 6.07) is -2.75. The van der Waals surface area contributed by atoms with Gasteiger partial charge in [-0.2, -0.15) is 0 Å². The number of aliphatic hydroxyl groups excluding tert-OH is 6. The van der Waals surface area contributed by atoms with Crippen LogP contribution in [0.25, 0.3) is 0 Å². The van der Waals surface area contributed by atoms with Crippen molar-refractivity contribution < 1.29 is 64.5 Å². The zero-order valence-corrected chi connectivity index (χ0v) is 29.0. The molecule has 0 aromatic heterocycles. The molecule has 13 atom stereocenters. The van der Waals surface area contributed by atoms with Crippen molar-refractivity contribution in [2.45, 2.75) is 93.6 Å². The van der Waals surface area contributed by atoms with Gasteiger partial charge in [0.05, 0.1) is 36.9 Å². The van der Waals surface area contributed by atoms with E-state index in [2.05, 4.69) is 26.6 Å². The molecule has 292 valence electrons. The van der Waals surface area contributed by atoms with E-state index in [1.165, 1.54) is 31.2 Å². The van der Waals surface area contributed by atoms with E-state index in [0.717, 1.165) is 9.80 Å². The number of amides is 6. The molecule has 0 aliphatic carbocycles. The van der Waals surface area contributed by atoms with Gasteiger partial charge in [-0.1, -0.05) is 19.1 Å². The van der Waals surface area contributed by atoms with Crippen LogP contribution < -0.4 is 26.6 Å². The predicted molar refractivity (Wildman–Crippen MR) is 179 cm³/mol. The molecule has 20 heteroatoms. The maximum atomic E-state index is 13.9. The average molecular weight is 750 g/mol. The van der Waals surface area contributed by atoms with Gasteiger partial charge in [-0.15, -0.1) is 0 Å². The van der Waals surface area contributed by atoms with Gasteiger partial charge in [0.1, 0.15) is 48.2 Å². The largest absolute Gasteiger partial charge is 0.508 e. The van der Waals surface area contributed by atoms with E-state index in [0.29, 0.717) is 5.56 Å². The van der Waals surface area contributed by atoms with Gasteiger partial charge in [-0.3, -0.25) is 34.1 Å². The Morgan fingerprint density at radius 3 is 2.09 bits per heavy atom. The van der Waals surface area contributed by atoms with E-state index in [1.54, 1.807) is 6.92 Å². The number of phenols is 1. The number of nitrogens with zero attached hydrogens (tertiary/aromatic N) is 2. The molecule has 1 aromatic carbocycles. The molecule has 12 N–H and O–H groups in total. The highest BCUT2D eigenvalue weighted by atomic mass is 16.3. The van der Waals surface area contributed by atoms with Crippen molar-refractivity contribution in [2.24, 2.45) is 11.8 Å². The number of hydrogen-bond acceptors (Lipinski definition) is 14.